The zero-order valence-electron chi connectivity index (χ0n) is 11.7. The topological polar surface area (TPSA) is 128 Å². The lowest BCUT2D eigenvalue weighted by Crippen LogP contribution is -2.38. The standard InChI is InChI=1S/C10H19N7O2S/c1-10(2,3)12-4-5-17-9(14-15-16-17)20-6-7(18)13-8(11)19/h12H,4-6H2,1-3H3,(H3,11,13,18,19). The van der Waals surface area contributed by atoms with Crippen molar-refractivity contribution in [3.05, 3.63) is 0 Å². The maximum atomic E-state index is 11.3. The largest absolute Gasteiger partial charge is 0.351 e. The van der Waals surface area contributed by atoms with Crippen molar-refractivity contribution in [1.29, 1.82) is 0 Å². The third-order valence-corrected chi connectivity index (χ3v) is 3.03. The van der Waals surface area contributed by atoms with Gasteiger partial charge in [0.2, 0.25) is 11.1 Å². The zero-order valence-corrected chi connectivity index (χ0v) is 12.5. The summed E-state index contributed by atoms with van der Waals surface area (Å²) in [6.45, 7) is 7.49. The fourth-order valence-corrected chi connectivity index (χ4v) is 1.98. The summed E-state index contributed by atoms with van der Waals surface area (Å²) in [5.74, 6) is -0.458. The summed E-state index contributed by atoms with van der Waals surface area (Å²) in [6.07, 6.45) is 0. The molecular formula is C10H19N7O2S. The summed E-state index contributed by atoms with van der Waals surface area (Å²) in [5.41, 5.74) is 4.86. The van der Waals surface area contributed by atoms with Gasteiger partial charge in [-0.05, 0) is 31.2 Å². The molecule has 0 fully saturated rings. The first-order chi connectivity index (χ1) is 9.28. The predicted molar refractivity (Wildman–Crippen MR) is 74.0 cm³/mol. The zero-order chi connectivity index (χ0) is 15.2. The molecule has 1 aromatic rings. The van der Waals surface area contributed by atoms with E-state index in [1.54, 1.807) is 4.68 Å². The molecule has 1 rings (SSSR count). The fourth-order valence-electron chi connectivity index (χ4n) is 1.28. The number of imide groups is 1. The molecule has 0 saturated heterocycles. The van der Waals surface area contributed by atoms with Gasteiger partial charge < -0.3 is 11.1 Å². The molecule has 10 heteroatoms. The highest BCUT2D eigenvalue weighted by molar-refractivity contribution is 7.99. The van der Waals surface area contributed by atoms with Crippen LogP contribution in [-0.2, 0) is 11.3 Å². The molecule has 0 aliphatic carbocycles. The minimum absolute atomic E-state index is 0.0166. The number of hydrogen-bond donors (Lipinski definition) is 3. The van der Waals surface area contributed by atoms with Gasteiger partial charge in [-0.25, -0.2) is 9.48 Å². The summed E-state index contributed by atoms with van der Waals surface area (Å²) in [6, 6.07) is -0.871. The quantitative estimate of drug-likeness (QED) is 0.595. The molecule has 0 spiro atoms. The Hall–Kier alpha value is -1.68. The van der Waals surface area contributed by atoms with E-state index in [9.17, 15) is 9.59 Å². The Morgan fingerprint density at radius 3 is 2.70 bits per heavy atom. The highest BCUT2D eigenvalue weighted by atomic mass is 32.2. The SMILES string of the molecule is CC(C)(C)NCCn1nnnc1SCC(=O)NC(N)=O. The number of rotatable bonds is 6. The van der Waals surface area contributed by atoms with Gasteiger partial charge in [0.15, 0.2) is 0 Å². The molecule has 112 valence electrons. The van der Waals surface area contributed by atoms with Crippen LogP contribution in [0.5, 0.6) is 0 Å². The molecule has 4 N–H and O–H groups in total. The van der Waals surface area contributed by atoms with Crippen LogP contribution in [0.4, 0.5) is 4.79 Å². The van der Waals surface area contributed by atoms with Crippen LogP contribution >= 0.6 is 11.8 Å². The van der Waals surface area contributed by atoms with Crippen LogP contribution in [0, 0.1) is 0 Å². The number of primary amides is 1. The second-order valence-electron chi connectivity index (χ2n) is 5.06. The molecule has 0 radical (unpaired) electrons. The molecule has 0 saturated carbocycles. The first-order valence-corrected chi connectivity index (χ1v) is 7.00. The van der Waals surface area contributed by atoms with Crippen molar-refractivity contribution >= 4 is 23.7 Å². The summed E-state index contributed by atoms with van der Waals surface area (Å²) in [5, 5.41) is 17.0. The van der Waals surface area contributed by atoms with E-state index in [1.165, 1.54) is 0 Å². The van der Waals surface area contributed by atoms with Crippen LogP contribution in [0.2, 0.25) is 0 Å². The van der Waals surface area contributed by atoms with Crippen molar-refractivity contribution in [1.82, 2.24) is 30.8 Å². The monoisotopic (exact) mass is 301 g/mol. The van der Waals surface area contributed by atoms with E-state index in [2.05, 4.69) is 41.6 Å². The maximum Gasteiger partial charge on any atom is 0.318 e. The first kappa shape index (κ1) is 16.4. The molecule has 0 aliphatic rings. The average Bonchev–Trinajstić information content (AvgIpc) is 2.71. The number of amides is 3. The van der Waals surface area contributed by atoms with E-state index in [0.717, 1.165) is 11.8 Å². The lowest BCUT2D eigenvalue weighted by Gasteiger charge is -2.20. The van der Waals surface area contributed by atoms with E-state index in [1.807, 2.05) is 5.32 Å². The molecular weight excluding hydrogens is 282 g/mol. The molecule has 20 heavy (non-hydrogen) atoms. The van der Waals surface area contributed by atoms with Crippen molar-refractivity contribution in [2.24, 2.45) is 5.73 Å². The molecule has 0 bridgehead atoms. The van der Waals surface area contributed by atoms with Crippen LogP contribution < -0.4 is 16.4 Å². The molecule has 1 heterocycles. The molecule has 0 atom stereocenters. The smallest absolute Gasteiger partial charge is 0.318 e. The Kier molecular flexibility index (Phi) is 5.89. The Bertz CT molecular complexity index is 468. The predicted octanol–water partition coefficient (Wildman–Crippen LogP) is -0.652. The number of tetrazole rings is 1. The van der Waals surface area contributed by atoms with Gasteiger partial charge in [0.25, 0.3) is 0 Å². The van der Waals surface area contributed by atoms with Gasteiger partial charge in [-0.1, -0.05) is 11.8 Å². The van der Waals surface area contributed by atoms with Crippen molar-refractivity contribution in [2.45, 2.75) is 38.0 Å². The summed E-state index contributed by atoms with van der Waals surface area (Å²) in [7, 11) is 0. The molecule has 0 aliphatic heterocycles. The first-order valence-electron chi connectivity index (χ1n) is 6.01. The maximum absolute atomic E-state index is 11.3. The lowest BCUT2D eigenvalue weighted by molar-refractivity contribution is -0.117. The number of urea groups is 1. The number of nitrogens with zero attached hydrogens (tertiary/aromatic N) is 4. The van der Waals surface area contributed by atoms with Crippen LogP contribution in [0.15, 0.2) is 5.16 Å². The summed E-state index contributed by atoms with van der Waals surface area (Å²) < 4.78 is 1.60. The molecule has 9 nitrogen and oxygen atoms in total. The Morgan fingerprint density at radius 1 is 1.40 bits per heavy atom. The van der Waals surface area contributed by atoms with Gasteiger partial charge in [0.1, 0.15) is 0 Å². The second-order valence-corrected chi connectivity index (χ2v) is 6.00. The number of thioether (sulfide) groups is 1. The second kappa shape index (κ2) is 7.20. The van der Waals surface area contributed by atoms with Crippen molar-refractivity contribution in [3.8, 4) is 0 Å². The van der Waals surface area contributed by atoms with Crippen LogP contribution in [-0.4, -0.2) is 50.0 Å². The van der Waals surface area contributed by atoms with Gasteiger partial charge in [-0.3, -0.25) is 10.1 Å². The Balaban J connectivity index is 2.42. The van der Waals surface area contributed by atoms with Crippen molar-refractivity contribution < 1.29 is 9.59 Å². The highest BCUT2D eigenvalue weighted by Crippen LogP contribution is 2.12. The van der Waals surface area contributed by atoms with E-state index in [0.29, 0.717) is 18.2 Å². The normalized spacial score (nSPS) is 11.3. The number of nitrogens with two attached hydrogens (primary N) is 1. The third-order valence-electron chi connectivity index (χ3n) is 2.07. The van der Waals surface area contributed by atoms with Crippen LogP contribution in [0.1, 0.15) is 20.8 Å². The molecule has 3 amide bonds. The van der Waals surface area contributed by atoms with Gasteiger partial charge in [0, 0.05) is 12.1 Å². The number of carbonyl (C=O) groups is 2. The van der Waals surface area contributed by atoms with E-state index < -0.39 is 11.9 Å². The minimum Gasteiger partial charge on any atom is -0.351 e. The molecule has 0 aromatic carbocycles. The number of nitrogens with one attached hydrogen (secondary N) is 2. The van der Waals surface area contributed by atoms with Gasteiger partial charge in [-0.15, -0.1) is 5.10 Å². The van der Waals surface area contributed by atoms with Crippen LogP contribution in [0.25, 0.3) is 0 Å². The summed E-state index contributed by atoms with van der Waals surface area (Å²) >= 11 is 1.14. The van der Waals surface area contributed by atoms with Gasteiger partial charge in [-0.2, -0.15) is 0 Å². The average molecular weight is 301 g/mol. The minimum atomic E-state index is -0.871. The Labute approximate surface area is 121 Å². The Morgan fingerprint density at radius 2 is 2.10 bits per heavy atom. The molecule has 0 unspecified atom stereocenters. The van der Waals surface area contributed by atoms with Gasteiger partial charge >= 0.3 is 6.03 Å². The number of hydrogen-bond acceptors (Lipinski definition) is 7. The van der Waals surface area contributed by atoms with Crippen LogP contribution in [0.3, 0.4) is 0 Å². The fraction of sp³-hybridized carbons (Fsp3) is 0.700. The number of carbonyl (C=O) groups excluding carboxylic acids is 2. The lowest BCUT2D eigenvalue weighted by atomic mass is 10.1. The highest BCUT2D eigenvalue weighted by Gasteiger charge is 2.12. The third kappa shape index (κ3) is 6.48. The number of aromatic nitrogens is 4. The summed E-state index contributed by atoms with van der Waals surface area (Å²) in [4.78, 5) is 21.8. The van der Waals surface area contributed by atoms with Crippen molar-refractivity contribution in [2.75, 3.05) is 12.3 Å². The van der Waals surface area contributed by atoms with Crippen molar-refractivity contribution in [3.63, 3.8) is 0 Å². The van der Waals surface area contributed by atoms with E-state index in [4.69, 9.17) is 5.73 Å². The van der Waals surface area contributed by atoms with Gasteiger partial charge in [0.05, 0.1) is 12.3 Å². The molecule has 1 aromatic heterocycles. The van der Waals surface area contributed by atoms with E-state index >= 15 is 0 Å². The van der Waals surface area contributed by atoms with E-state index in [-0.39, 0.29) is 11.3 Å².